The van der Waals surface area contributed by atoms with Crippen molar-refractivity contribution in [2.45, 2.75) is 51.5 Å². The molecular formula is C22H24N2O6. The molecule has 2 aliphatic rings. The van der Waals surface area contributed by atoms with Gasteiger partial charge in [-0.25, -0.2) is 4.79 Å². The summed E-state index contributed by atoms with van der Waals surface area (Å²) in [5, 5.41) is 13.1. The molecule has 4 rings (SSSR count). The van der Waals surface area contributed by atoms with Gasteiger partial charge in [-0.1, -0.05) is 12.1 Å². The third-order valence-corrected chi connectivity index (χ3v) is 5.96. The van der Waals surface area contributed by atoms with E-state index in [0.717, 1.165) is 35.3 Å². The third kappa shape index (κ3) is 3.46. The lowest BCUT2D eigenvalue weighted by atomic mass is 9.94. The lowest BCUT2D eigenvalue weighted by Crippen LogP contribution is -2.40. The van der Waals surface area contributed by atoms with Gasteiger partial charge in [0.15, 0.2) is 5.78 Å². The van der Waals surface area contributed by atoms with Crippen LogP contribution in [-0.2, 0) is 22.4 Å². The van der Waals surface area contributed by atoms with E-state index < -0.39 is 29.4 Å². The molecule has 1 unspecified atom stereocenters. The van der Waals surface area contributed by atoms with E-state index in [-0.39, 0.29) is 25.2 Å². The molecule has 1 aliphatic heterocycles. The van der Waals surface area contributed by atoms with Gasteiger partial charge in [-0.15, -0.1) is 0 Å². The molecule has 30 heavy (non-hydrogen) atoms. The second kappa shape index (κ2) is 7.27. The molecule has 0 radical (unpaired) electrons. The normalized spacial score (nSPS) is 18.5. The van der Waals surface area contributed by atoms with Gasteiger partial charge in [0.25, 0.3) is 5.91 Å². The fraction of sp³-hybridized carbons (Fsp3) is 0.455. The number of carbonyl (C=O) groups is 4. The van der Waals surface area contributed by atoms with Gasteiger partial charge in [0, 0.05) is 35.9 Å². The Morgan fingerprint density at radius 3 is 2.70 bits per heavy atom. The second-order valence-corrected chi connectivity index (χ2v) is 8.53. The number of imide groups is 1. The molecule has 0 spiro atoms. The molecule has 1 aromatic carbocycles. The molecule has 8 heteroatoms. The Morgan fingerprint density at radius 1 is 1.27 bits per heavy atom. The summed E-state index contributed by atoms with van der Waals surface area (Å²) in [6, 6.07) is 4.70. The van der Waals surface area contributed by atoms with Crippen molar-refractivity contribution in [2.24, 2.45) is 5.92 Å². The van der Waals surface area contributed by atoms with Gasteiger partial charge in [0.1, 0.15) is 16.9 Å². The predicted molar refractivity (Wildman–Crippen MR) is 107 cm³/mol. The van der Waals surface area contributed by atoms with E-state index in [0.29, 0.717) is 11.1 Å². The monoisotopic (exact) mass is 412 g/mol. The van der Waals surface area contributed by atoms with Crippen LogP contribution in [0.15, 0.2) is 22.6 Å². The van der Waals surface area contributed by atoms with Crippen molar-refractivity contribution in [3.8, 4) is 0 Å². The number of aryl methyl sites for hydroxylation is 2. The molecule has 2 N–H and O–H groups in total. The van der Waals surface area contributed by atoms with E-state index in [1.807, 2.05) is 6.07 Å². The van der Waals surface area contributed by atoms with Crippen LogP contribution in [0.25, 0.3) is 11.0 Å². The average molecular weight is 412 g/mol. The number of carbonyl (C=O) groups excluding carboxylic acids is 3. The summed E-state index contributed by atoms with van der Waals surface area (Å²) in [7, 11) is 0. The Morgan fingerprint density at radius 2 is 2.03 bits per heavy atom. The van der Waals surface area contributed by atoms with Crippen molar-refractivity contribution in [3.05, 3.63) is 35.1 Å². The van der Waals surface area contributed by atoms with Crippen LogP contribution in [0.1, 0.15) is 54.8 Å². The Labute approximate surface area is 173 Å². The number of rotatable bonds is 7. The molecule has 158 valence electrons. The molecule has 1 atom stereocenters. The number of furan rings is 1. The van der Waals surface area contributed by atoms with Gasteiger partial charge in [-0.3, -0.25) is 19.3 Å². The quantitative estimate of drug-likeness (QED) is 0.533. The van der Waals surface area contributed by atoms with E-state index in [2.05, 4.69) is 5.32 Å². The van der Waals surface area contributed by atoms with Crippen molar-refractivity contribution in [1.29, 1.82) is 0 Å². The molecule has 2 heterocycles. The van der Waals surface area contributed by atoms with Crippen molar-refractivity contribution >= 4 is 34.7 Å². The van der Waals surface area contributed by atoms with E-state index >= 15 is 0 Å². The Hall–Kier alpha value is -3.16. The minimum absolute atomic E-state index is 0.00755. The first-order valence-corrected chi connectivity index (χ1v) is 10.1. The number of nitrogens with one attached hydrogen (secondary N) is 1. The second-order valence-electron chi connectivity index (χ2n) is 8.53. The van der Waals surface area contributed by atoms with Crippen LogP contribution in [0.2, 0.25) is 0 Å². The standard InChI is InChI=1S/C22H24N2O6/c1-22(2)20(28)24(21(29)23-22)9-8-13(19(26)27)10-16(25)12-6-7-15-14-4-3-5-17(14)30-18(15)11-12/h6-7,11,13H,3-5,8-10H2,1-2H3,(H,23,29)(H,26,27). The highest BCUT2D eigenvalue weighted by molar-refractivity contribution is 6.06. The minimum Gasteiger partial charge on any atom is -0.481 e. The van der Waals surface area contributed by atoms with Gasteiger partial charge in [0.05, 0.1) is 5.92 Å². The van der Waals surface area contributed by atoms with E-state index in [9.17, 15) is 24.3 Å². The summed E-state index contributed by atoms with van der Waals surface area (Å²) in [4.78, 5) is 49.7. The van der Waals surface area contributed by atoms with Gasteiger partial charge in [-0.2, -0.15) is 0 Å². The largest absolute Gasteiger partial charge is 0.481 e. The van der Waals surface area contributed by atoms with Crippen molar-refractivity contribution < 1.29 is 28.7 Å². The number of amides is 3. The van der Waals surface area contributed by atoms with Crippen LogP contribution in [-0.4, -0.2) is 45.8 Å². The zero-order valence-corrected chi connectivity index (χ0v) is 17.0. The first-order chi connectivity index (χ1) is 14.2. The summed E-state index contributed by atoms with van der Waals surface area (Å²) in [6.07, 6.45) is 2.73. The molecule has 3 amide bonds. The number of ketones is 1. The van der Waals surface area contributed by atoms with Gasteiger partial charge in [0.2, 0.25) is 0 Å². The van der Waals surface area contributed by atoms with Crippen LogP contribution >= 0.6 is 0 Å². The first kappa shape index (κ1) is 20.1. The van der Waals surface area contributed by atoms with Crippen LogP contribution in [0.4, 0.5) is 4.79 Å². The lowest BCUT2D eigenvalue weighted by molar-refractivity contribution is -0.142. The third-order valence-electron chi connectivity index (χ3n) is 5.96. The van der Waals surface area contributed by atoms with Crippen LogP contribution in [0, 0.1) is 5.92 Å². The molecule has 2 aromatic rings. The molecule has 1 saturated heterocycles. The van der Waals surface area contributed by atoms with Crippen LogP contribution in [0.3, 0.4) is 0 Å². The maximum absolute atomic E-state index is 12.7. The molecule has 8 nitrogen and oxygen atoms in total. The number of carboxylic acids is 1. The van der Waals surface area contributed by atoms with Gasteiger partial charge < -0.3 is 14.8 Å². The Balaban J connectivity index is 1.45. The minimum atomic E-state index is -1.13. The highest BCUT2D eigenvalue weighted by Gasteiger charge is 2.44. The van der Waals surface area contributed by atoms with E-state index in [4.69, 9.17) is 4.42 Å². The number of Topliss-reactive ketones (excluding diaryl/α,β-unsaturated/α-hetero) is 1. The first-order valence-electron chi connectivity index (χ1n) is 10.1. The molecular weight excluding hydrogens is 388 g/mol. The molecule has 0 bridgehead atoms. The number of urea groups is 1. The average Bonchev–Trinajstić information content (AvgIpc) is 3.31. The predicted octanol–water partition coefficient (Wildman–Crippen LogP) is 2.92. The summed E-state index contributed by atoms with van der Waals surface area (Å²) in [6.45, 7) is 3.13. The summed E-state index contributed by atoms with van der Waals surface area (Å²) in [5.41, 5.74) is 1.24. The highest BCUT2D eigenvalue weighted by atomic mass is 16.4. The molecule has 1 fully saturated rings. The smallest absolute Gasteiger partial charge is 0.325 e. The van der Waals surface area contributed by atoms with E-state index in [1.54, 1.807) is 26.0 Å². The zero-order valence-electron chi connectivity index (χ0n) is 17.0. The van der Waals surface area contributed by atoms with Crippen molar-refractivity contribution in [3.63, 3.8) is 0 Å². The topological polar surface area (TPSA) is 117 Å². The van der Waals surface area contributed by atoms with Gasteiger partial charge in [-0.05, 0) is 39.2 Å². The van der Waals surface area contributed by atoms with Crippen LogP contribution < -0.4 is 5.32 Å². The maximum Gasteiger partial charge on any atom is 0.325 e. The van der Waals surface area contributed by atoms with Crippen LogP contribution in [0.5, 0.6) is 0 Å². The number of nitrogens with zero attached hydrogens (tertiary/aromatic N) is 1. The highest BCUT2D eigenvalue weighted by Crippen LogP contribution is 2.33. The summed E-state index contributed by atoms with van der Waals surface area (Å²) < 4.78 is 5.85. The fourth-order valence-corrected chi connectivity index (χ4v) is 4.24. The maximum atomic E-state index is 12.7. The summed E-state index contributed by atoms with van der Waals surface area (Å²) >= 11 is 0. The summed E-state index contributed by atoms with van der Waals surface area (Å²) in [5.74, 6) is -1.88. The number of aliphatic carboxylic acids is 1. The van der Waals surface area contributed by atoms with E-state index in [1.165, 1.54) is 5.56 Å². The zero-order chi connectivity index (χ0) is 21.6. The van der Waals surface area contributed by atoms with Gasteiger partial charge >= 0.3 is 12.0 Å². The molecule has 1 aliphatic carbocycles. The fourth-order valence-electron chi connectivity index (χ4n) is 4.24. The SMILES string of the molecule is CC1(C)NC(=O)N(CCC(CC(=O)c2ccc3c4c(oc3c2)CCC4)C(=O)O)C1=O. The number of carboxylic acid groups (broad SMARTS) is 1. The number of fused-ring (bicyclic) bond motifs is 3. The Kier molecular flexibility index (Phi) is 4.88. The molecule has 1 aromatic heterocycles. The molecule has 0 saturated carbocycles. The Bertz CT molecular complexity index is 1070. The number of benzene rings is 1. The van der Waals surface area contributed by atoms with Crippen molar-refractivity contribution in [1.82, 2.24) is 10.2 Å². The number of hydrogen-bond donors (Lipinski definition) is 2. The number of hydrogen-bond acceptors (Lipinski definition) is 5. The van der Waals surface area contributed by atoms with Crippen molar-refractivity contribution in [2.75, 3.05) is 6.54 Å². The lowest BCUT2D eigenvalue weighted by Gasteiger charge is -2.18.